The molecule has 20 heavy (non-hydrogen) atoms. The van der Waals surface area contributed by atoms with Crippen LogP contribution in [0, 0.1) is 11.8 Å². The minimum Gasteiger partial charge on any atom is -0.319 e. The van der Waals surface area contributed by atoms with Crippen LogP contribution in [0.4, 0.5) is 0 Å². The fourth-order valence-corrected chi connectivity index (χ4v) is 3.83. The summed E-state index contributed by atoms with van der Waals surface area (Å²) < 4.78 is 0. The van der Waals surface area contributed by atoms with Crippen molar-refractivity contribution in [1.29, 1.82) is 0 Å². The van der Waals surface area contributed by atoms with Crippen molar-refractivity contribution in [2.24, 2.45) is 11.8 Å². The summed E-state index contributed by atoms with van der Waals surface area (Å²) in [6, 6.07) is 9.50. The van der Waals surface area contributed by atoms with Crippen LogP contribution < -0.4 is 5.32 Å². The first-order chi connectivity index (χ1) is 9.78. The topological polar surface area (TPSA) is 12.0 Å². The van der Waals surface area contributed by atoms with Crippen molar-refractivity contribution in [3.05, 3.63) is 35.4 Å². The van der Waals surface area contributed by atoms with Gasteiger partial charge in [0.05, 0.1) is 0 Å². The number of hydrogen-bond acceptors (Lipinski definition) is 1. The molecule has 1 aliphatic rings. The summed E-state index contributed by atoms with van der Waals surface area (Å²) in [6.45, 7) is 5.77. The van der Waals surface area contributed by atoms with Crippen molar-refractivity contribution >= 4 is 0 Å². The summed E-state index contributed by atoms with van der Waals surface area (Å²) in [6.07, 6.45) is 7.99. The summed E-state index contributed by atoms with van der Waals surface area (Å²) in [5.74, 6) is 2.51. The monoisotopic (exact) mass is 273 g/mol. The molecule has 2 rings (SSSR count). The Balaban J connectivity index is 2.12. The van der Waals surface area contributed by atoms with E-state index in [4.69, 9.17) is 0 Å². The summed E-state index contributed by atoms with van der Waals surface area (Å²) >= 11 is 0. The average Bonchev–Trinajstić information content (AvgIpc) is 2.49. The fraction of sp³-hybridized carbons (Fsp3) is 0.684. The van der Waals surface area contributed by atoms with Gasteiger partial charge in [-0.1, -0.05) is 57.4 Å². The number of aryl methyl sites for hydroxylation is 1. The molecular formula is C19H31N. The van der Waals surface area contributed by atoms with E-state index in [9.17, 15) is 0 Å². The van der Waals surface area contributed by atoms with Crippen LogP contribution in [0.3, 0.4) is 0 Å². The van der Waals surface area contributed by atoms with Crippen molar-refractivity contribution < 1.29 is 0 Å². The Hall–Kier alpha value is -0.820. The van der Waals surface area contributed by atoms with Crippen LogP contribution in [0.15, 0.2) is 24.3 Å². The molecule has 0 amide bonds. The molecule has 0 spiro atoms. The Labute approximate surface area is 125 Å². The minimum absolute atomic E-state index is 0.761. The van der Waals surface area contributed by atoms with Gasteiger partial charge in [0.1, 0.15) is 0 Å². The van der Waals surface area contributed by atoms with Gasteiger partial charge in [-0.15, -0.1) is 0 Å². The van der Waals surface area contributed by atoms with Crippen molar-refractivity contribution in [2.45, 2.75) is 58.3 Å². The van der Waals surface area contributed by atoms with E-state index < -0.39 is 0 Å². The molecular weight excluding hydrogens is 242 g/mol. The fourth-order valence-electron chi connectivity index (χ4n) is 3.83. The predicted molar refractivity (Wildman–Crippen MR) is 88.2 cm³/mol. The van der Waals surface area contributed by atoms with Gasteiger partial charge in [0, 0.05) is 0 Å². The zero-order valence-electron chi connectivity index (χ0n) is 13.5. The summed E-state index contributed by atoms with van der Waals surface area (Å²) in [5, 5.41) is 3.40. The molecule has 1 fully saturated rings. The van der Waals surface area contributed by atoms with Crippen LogP contribution in [0.1, 0.15) is 63.0 Å². The highest BCUT2D eigenvalue weighted by Gasteiger charge is 2.30. The third kappa shape index (κ3) is 3.85. The molecule has 0 radical (unpaired) electrons. The molecule has 0 aliphatic heterocycles. The quantitative estimate of drug-likeness (QED) is 0.787. The molecule has 1 N–H and O–H groups in total. The molecule has 0 heterocycles. The number of benzene rings is 1. The molecule has 1 aliphatic carbocycles. The van der Waals surface area contributed by atoms with Crippen LogP contribution >= 0.6 is 0 Å². The second kappa shape index (κ2) is 7.83. The van der Waals surface area contributed by atoms with Crippen molar-refractivity contribution in [3.8, 4) is 0 Å². The van der Waals surface area contributed by atoms with Gasteiger partial charge < -0.3 is 5.32 Å². The Kier molecular flexibility index (Phi) is 6.09. The highest BCUT2D eigenvalue weighted by Crippen LogP contribution is 2.41. The molecule has 1 saturated carbocycles. The van der Waals surface area contributed by atoms with Gasteiger partial charge in [0.15, 0.2) is 0 Å². The van der Waals surface area contributed by atoms with Crippen LogP contribution in [0.25, 0.3) is 0 Å². The number of nitrogens with one attached hydrogen (secondary N) is 1. The Bertz CT molecular complexity index is 381. The van der Waals surface area contributed by atoms with Gasteiger partial charge >= 0.3 is 0 Å². The summed E-state index contributed by atoms with van der Waals surface area (Å²) in [4.78, 5) is 0. The number of hydrogen-bond donors (Lipinski definition) is 1. The number of rotatable bonds is 6. The Morgan fingerprint density at radius 2 is 1.85 bits per heavy atom. The lowest BCUT2D eigenvalue weighted by molar-refractivity contribution is 0.228. The van der Waals surface area contributed by atoms with E-state index in [1.54, 1.807) is 5.56 Å². The second-order valence-corrected chi connectivity index (χ2v) is 6.50. The summed E-state index contributed by atoms with van der Waals surface area (Å²) in [7, 11) is 2.09. The van der Waals surface area contributed by atoms with Gasteiger partial charge in [-0.05, 0) is 61.7 Å². The first-order valence-corrected chi connectivity index (χ1v) is 8.51. The largest absolute Gasteiger partial charge is 0.319 e. The Morgan fingerprint density at radius 1 is 1.10 bits per heavy atom. The van der Waals surface area contributed by atoms with Crippen LogP contribution in [-0.2, 0) is 6.42 Å². The maximum atomic E-state index is 3.40. The zero-order valence-corrected chi connectivity index (χ0v) is 13.5. The molecule has 0 saturated heterocycles. The molecule has 112 valence electrons. The first kappa shape index (κ1) is 15.6. The molecule has 1 aromatic carbocycles. The van der Waals surface area contributed by atoms with E-state index in [0.717, 1.165) is 24.3 Å². The standard InChI is InChI=1S/C19H31N/c1-4-6-16-8-10-17(11-9-16)19-13-15(5-2)7-12-18(19)14-20-3/h8-11,15,18-20H,4-7,12-14H2,1-3H3. The third-order valence-electron chi connectivity index (χ3n) is 5.09. The maximum Gasteiger partial charge on any atom is -0.00177 e. The van der Waals surface area contributed by atoms with Gasteiger partial charge in [0.2, 0.25) is 0 Å². The van der Waals surface area contributed by atoms with E-state index >= 15 is 0 Å². The van der Waals surface area contributed by atoms with E-state index in [-0.39, 0.29) is 0 Å². The normalized spacial score (nSPS) is 26.6. The lowest BCUT2D eigenvalue weighted by Crippen LogP contribution is -2.30. The second-order valence-electron chi connectivity index (χ2n) is 6.50. The molecule has 3 unspecified atom stereocenters. The molecule has 1 nitrogen and oxygen atoms in total. The van der Waals surface area contributed by atoms with Crippen LogP contribution in [0.5, 0.6) is 0 Å². The Morgan fingerprint density at radius 3 is 2.45 bits per heavy atom. The lowest BCUT2D eigenvalue weighted by atomic mass is 9.70. The van der Waals surface area contributed by atoms with E-state index in [2.05, 4.69) is 50.5 Å². The summed E-state index contributed by atoms with van der Waals surface area (Å²) in [5.41, 5.74) is 3.06. The highest BCUT2D eigenvalue weighted by molar-refractivity contribution is 5.26. The molecule has 1 aromatic rings. The maximum absolute atomic E-state index is 3.40. The minimum atomic E-state index is 0.761. The van der Waals surface area contributed by atoms with Crippen molar-refractivity contribution in [2.75, 3.05) is 13.6 Å². The lowest BCUT2D eigenvalue weighted by Gasteiger charge is -2.36. The van der Waals surface area contributed by atoms with Crippen LogP contribution in [-0.4, -0.2) is 13.6 Å². The van der Waals surface area contributed by atoms with E-state index in [0.29, 0.717) is 0 Å². The van der Waals surface area contributed by atoms with Crippen molar-refractivity contribution in [1.82, 2.24) is 5.32 Å². The molecule has 0 aromatic heterocycles. The van der Waals surface area contributed by atoms with Gasteiger partial charge in [0.25, 0.3) is 0 Å². The SMILES string of the molecule is CCCc1ccc(C2CC(CC)CCC2CNC)cc1. The van der Waals surface area contributed by atoms with Gasteiger partial charge in [-0.25, -0.2) is 0 Å². The van der Waals surface area contributed by atoms with Crippen molar-refractivity contribution in [3.63, 3.8) is 0 Å². The van der Waals surface area contributed by atoms with Gasteiger partial charge in [-0.2, -0.15) is 0 Å². The smallest absolute Gasteiger partial charge is 0.00177 e. The average molecular weight is 273 g/mol. The third-order valence-corrected chi connectivity index (χ3v) is 5.09. The molecule has 1 heteroatoms. The first-order valence-electron chi connectivity index (χ1n) is 8.51. The van der Waals surface area contributed by atoms with Gasteiger partial charge in [-0.3, -0.25) is 0 Å². The van der Waals surface area contributed by atoms with Crippen LogP contribution in [0.2, 0.25) is 0 Å². The highest BCUT2D eigenvalue weighted by atomic mass is 14.8. The predicted octanol–water partition coefficient (Wildman–Crippen LogP) is 4.77. The molecule has 0 bridgehead atoms. The van der Waals surface area contributed by atoms with E-state index in [1.165, 1.54) is 44.1 Å². The molecule has 3 atom stereocenters. The van der Waals surface area contributed by atoms with E-state index in [1.807, 2.05) is 0 Å². The zero-order chi connectivity index (χ0) is 14.4.